The van der Waals surface area contributed by atoms with Gasteiger partial charge in [0.1, 0.15) is 0 Å². The molecule has 5 nitrogen and oxygen atoms in total. The molecule has 0 aliphatic rings. The van der Waals surface area contributed by atoms with E-state index in [0.29, 0.717) is 11.4 Å². The third-order valence-electron chi connectivity index (χ3n) is 1.21. The molecular formula is C6H7N5. The van der Waals surface area contributed by atoms with Crippen LogP contribution >= 0.6 is 0 Å². The van der Waals surface area contributed by atoms with E-state index in [1.54, 1.807) is 18.3 Å². The van der Waals surface area contributed by atoms with E-state index in [1.165, 1.54) is 0 Å². The van der Waals surface area contributed by atoms with Crippen molar-refractivity contribution in [3.63, 3.8) is 0 Å². The van der Waals surface area contributed by atoms with Crippen LogP contribution in [0.1, 0.15) is 5.69 Å². The molecule has 0 atom stereocenters. The number of nitrogens with zero attached hydrogens (tertiary/aromatic N) is 4. The van der Waals surface area contributed by atoms with E-state index >= 15 is 0 Å². The van der Waals surface area contributed by atoms with Crippen LogP contribution in [0.3, 0.4) is 0 Å². The minimum Gasteiger partial charge on any atom is -0.397 e. The molecule has 0 amide bonds. The second kappa shape index (κ2) is 3.43. The first kappa shape index (κ1) is 7.37. The first-order chi connectivity index (χ1) is 5.34. The van der Waals surface area contributed by atoms with Crippen molar-refractivity contribution in [3.8, 4) is 0 Å². The lowest BCUT2D eigenvalue weighted by Gasteiger charge is -1.97. The Hall–Kier alpha value is -1.74. The van der Waals surface area contributed by atoms with Gasteiger partial charge in [-0.1, -0.05) is 5.11 Å². The van der Waals surface area contributed by atoms with Crippen molar-refractivity contribution in [1.29, 1.82) is 0 Å². The predicted molar refractivity (Wildman–Crippen MR) is 41.5 cm³/mol. The monoisotopic (exact) mass is 149 g/mol. The third kappa shape index (κ3) is 1.84. The second-order valence-corrected chi connectivity index (χ2v) is 1.93. The third-order valence-corrected chi connectivity index (χ3v) is 1.21. The summed E-state index contributed by atoms with van der Waals surface area (Å²) in [5.41, 5.74) is 14.7. The smallest absolute Gasteiger partial charge is 0.0705 e. The van der Waals surface area contributed by atoms with Crippen LogP contribution in [0.4, 0.5) is 5.69 Å². The minimum atomic E-state index is 0.211. The minimum absolute atomic E-state index is 0.211. The number of nitrogens with two attached hydrogens (primary N) is 1. The molecule has 1 rings (SSSR count). The lowest BCUT2D eigenvalue weighted by molar-refractivity contribution is 0.981. The highest BCUT2D eigenvalue weighted by Gasteiger charge is 1.95. The van der Waals surface area contributed by atoms with E-state index < -0.39 is 0 Å². The Morgan fingerprint density at radius 3 is 3.18 bits per heavy atom. The van der Waals surface area contributed by atoms with E-state index in [4.69, 9.17) is 11.3 Å². The first-order valence-electron chi connectivity index (χ1n) is 3.05. The Morgan fingerprint density at radius 2 is 2.55 bits per heavy atom. The molecule has 56 valence electrons. The number of azide groups is 1. The maximum atomic E-state index is 8.01. The molecule has 1 aromatic heterocycles. The molecule has 11 heavy (non-hydrogen) atoms. The molecule has 0 aliphatic carbocycles. The summed E-state index contributed by atoms with van der Waals surface area (Å²) in [6.07, 6.45) is 1.61. The maximum Gasteiger partial charge on any atom is 0.0705 e. The van der Waals surface area contributed by atoms with Gasteiger partial charge in [-0.2, -0.15) is 0 Å². The number of hydrogen-bond donors (Lipinski definition) is 1. The van der Waals surface area contributed by atoms with Crippen molar-refractivity contribution in [2.45, 2.75) is 6.54 Å². The highest BCUT2D eigenvalue weighted by molar-refractivity contribution is 5.41. The predicted octanol–water partition coefficient (Wildman–Crippen LogP) is 1.47. The van der Waals surface area contributed by atoms with Crippen LogP contribution in [0.5, 0.6) is 0 Å². The molecule has 0 saturated heterocycles. The molecule has 0 radical (unpaired) electrons. The normalized spacial score (nSPS) is 8.73. The van der Waals surface area contributed by atoms with E-state index in [-0.39, 0.29) is 6.54 Å². The van der Waals surface area contributed by atoms with Gasteiger partial charge < -0.3 is 5.73 Å². The molecular weight excluding hydrogens is 142 g/mol. The topological polar surface area (TPSA) is 87.7 Å². The molecule has 1 aromatic rings. The van der Waals surface area contributed by atoms with Crippen LogP contribution in [-0.4, -0.2) is 4.98 Å². The van der Waals surface area contributed by atoms with Gasteiger partial charge in [0.2, 0.25) is 0 Å². The van der Waals surface area contributed by atoms with Crippen molar-refractivity contribution in [2.75, 3.05) is 5.73 Å². The van der Waals surface area contributed by atoms with Crippen molar-refractivity contribution < 1.29 is 0 Å². The average Bonchev–Trinajstić information content (AvgIpc) is 2.03. The molecule has 0 bridgehead atoms. The number of rotatable bonds is 2. The first-order valence-corrected chi connectivity index (χ1v) is 3.05. The van der Waals surface area contributed by atoms with Crippen LogP contribution in [0.2, 0.25) is 0 Å². The standard InChI is InChI=1S/C6H7N5/c7-5-2-1-3-9-6(5)4-10-11-8/h1-3H,4,7H2. The zero-order valence-corrected chi connectivity index (χ0v) is 5.81. The van der Waals surface area contributed by atoms with Crippen LogP contribution in [0, 0.1) is 0 Å². The number of nitrogen functional groups attached to an aromatic ring is 1. The Morgan fingerprint density at radius 1 is 1.73 bits per heavy atom. The summed E-state index contributed by atoms with van der Waals surface area (Å²) in [6, 6.07) is 3.45. The molecule has 2 N–H and O–H groups in total. The number of aromatic nitrogens is 1. The Kier molecular flexibility index (Phi) is 2.30. The molecule has 0 saturated carbocycles. The lowest BCUT2D eigenvalue weighted by atomic mass is 10.3. The molecule has 5 heteroatoms. The number of pyridine rings is 1. The quantitative estimate of drug-likeness (QED) is 0.392. The average molecular weight is 149 g/mol. The van der Waals surface area contributed by atoms with Crippen LogP contribution in [0.15, 0.2) is 23.4 Å². The lowest BCUT2D eigenvalue weighted by Crippen LogP contribution is -1.94. The van der Waals surface area contributed by atoms with E-state index in [2.05, 4.69) is 15.0 Å². The van der Waals surface area contributed by atoms with Gasteiger partial charge in [0.25, 0.3) is 0 Å². The van der Waals surface area contributed by atoms with Crippen molar-refractivity contribution in [3.05, 3.63) is 34.5 Å². The van der Waals surface area contributed by atoms with Gasteiger partial charge in [-0.15, -0.1) is 0 Å². The number of hydrogen-bond acceptors (Lipinski definition) is 3. The maximum absolute atomic E-state index is 8.01. The summed E-state index contributed by atoms with van der Waals surface area (Å²) in [4.78, 5) is 6.53. The fraction of sp³-hybridized carbons (Fsp3) is 0.167. The molecule has 1 heterocycles. The van der Waals surface area contributed by atoms with E-state index in [9.17, 15) is 0 Å². The Balaban J connectivity index is 2.85. The Bertz CT molecular complexity index is 289. The highest BCUT2D eigenvalue weighted by atomic mass is 15.1. The summed E-state index contributed by atoms with van der Waals surface area (Å²) < 4.78 is 0. The molecule has 0 fully saturated rings. The summed E-state index contributed by atoms with van der Waals surface area (Å²) in [5.74, 6) is 0. The molecule has 0 aliphatic heterocycles. The largest absolute Gasteiger partial charge is 0.397 e. The van der Waals surface area contributed by atoms with Crippen molar-refractivity contribution >= 4 is 5.69 Å². The SMILES string of the molecule is [N-]=[N+]=NCc1ncccc1N. The zero-order chi connectivity index (χ0) is 8.10. The Labute approximate surface area is 63.5 Å². The van der Waals surface area contributed by atoms with Crippen molar-refractivity contribution in [1.82, 2.24) is 4.98 Å². The van der Waals surface area contributed by atoms with Gasteiger partial charge in [-0.05, 0) is 17.7 Å². The zero-order valence-electron chi connectivity index (χ0n) is 5.81. The molecule has 0 unspecified atom stereocenters. The fourth-order valence-electron chi connectivity index (χ4n) is 0.681. The van der Waals surface area contributed by atoms with Crippen molar-refractivity contribution in [2.24, 2.45) is 5.11 Å². The second-order valence-electron chi connectivity index (χ2n) is 1.93. The summed E-state index contributed by atoms with van der Waals surface area (Å²) in [5, 5.41) is 3.34. The van der Waals surface area contributed by atoms with Gasteiger partial charge >= 0.3 is 0 Å². The van der Waals surface area contributed by atoms with Gasteiger partial charge in [0.05, 0.1) is 17.9 Å². The van der Waals surface area contributed by atoms with Gasteiger partial charge in [0, 0.05) is 11.1 Å². The fourth-order valence-corrected chi connectivity index (χ4v) is 0.681. The van der Waals surface area contributed by atoms with Gasteiger partial charge in [-0.25, -0.2) is 0 Å². The van der Waals surface area contributed by atoms with Crippen LogP contribution < -0.4 is 5.73 Å². The van der Waals surface area contributed by atoms with Gasteiger partial charge in [0.15, 0.2) is 0 Å². The van der Waals surface area contributed by atoms with Crippen LogP contribution in [0.25, 0.3) is 10.4 Å². The highest BCUT2D eigenvalue weighted by Crippen LogP contribution is 2.07. The van der Waals surface area contributed by atoms with Gasteiger partial charge in [-0.3, -0.25) is 4.98 Å². The van der Waals surface area contributed by atoms with E-state index in [1.807, 2.05) is 0 Å². The molecule has 0 spiro atoms. The van der Waals surface area contributed by atoms with Crippen LogP contribution in [-0.2, 0) is 6.54 Å². The molecule has 0 aromatic carbocycles. The summed E-state index contributed by atoms with van der Waals surface area (Å²) in [6.45, 7) is 0.211. The van der Waals surface area contributed by atoms with E-state index in [0.717, 1.165) is 0 Å². The summed E-state index contributed by atoms with van der Waals surface area (Å²) in [7, 11) is 0. The summed E-state index contributed by atoms with van der Waals surface area (Å²) >= 11 is 0. The number of anilines is 1.